The van der Waals surface area contributed by atoms with E-state index < -0.39 is 0 Å². The highest BCUT2D eigenvalue weighted by molar-refractivity contribution is 7.15. The molecule has 0 aliphatic carbocycles. The first-order valence-corrected chi connectivity index (χ1v) is 10.2. The molecule has 1 N–H and O–H groups in total. The predicted molar refractivity (Wildman–Crippen MR) is 110 cm³/mol. The van der Waals surface area contributed by atoms with Crippen LogP contribution in [0.3, 0.4) is 0 Å². The fourth-order valence-corrected chi connectivity index (χ4v) is 4.62. The van der Waals surface area contributed by atoms with E-state index in [1.54, 1.807) is 28.9 Å². The van der Waals surface area contributed by atoms with Gasteiger partial charge in [-0.1, -0.05) is 24.3 Å². The summed E-state index contributed by atoms with van der Waals surface area (Å²) in [5.41, 5.74) is 3.40. The van der Waals surface area contributed by atoms with Crippen molar-refractivity contribution in [1.29, 1.82) is 0 Å². The van der Waals surface area contributed by atoms with Gasteiger partial charge in [0.15, 0.2) is 4.96 Å². The first-order valence-electron chi connectivity index (χ1n) is 8.41. The molecule has 7 heteroatoms. The second kappa shape index (κ2) is 6.61. The molecule has 0 aliphatic heterocycles. The number of carbonyl (C=O) groups is 1. The molecule has 0 radical (unpaired) electrons. The molecule has 0 saturated heterocycles. The van der Waals surface area contributed by atoms with Crippen LogP contribution in [0.5, 0.6) is 0 Å². The molecule has 1 aromatic carbocycles. The summed E-state index contributed by atoms with van der Waals surface area (Å²) in [6.45, 7) is 0. The van der Waals surface area contributed by atoms with Crippen molar-refractivity contribution < 1.29 is 4.79 Å². The number of anilines is 1. The highest BCUT2D eigenvalue weighted by Crippen LogP contribution is 2.27. The molecule has 132 valence electrons. The number of nitrogens with zero attached hydrogens (tertiary/aromatic N) is 3. The number of hydrogen-bond acceptors (Lipinski definition) is 5. The van der Waals surface area contributed by atoms with Gasteiger partial charge in [-0.25, -0.2) is 4.98 Å². The van der Waals surface area contributed by atoms with Crippen LogP contribution in [0.4, 0.5) is 5.69 Å². The predicted octanol–water partition coefficient (Wildman–Crippen LogP) is 4.85. The van der Waals surface area contributed by atoms with Crippen molar-refractivity contribution in [3.8, 4) is 10.6 Å². The molecule has 5 nitrogen and oxygen atoms in total. The second-order valence-corrected chi connectivity index (χ2v) is 7.87. The molecule has 0 atom stereocenters. The van der Waals surface area contributed by atoms with Gasteiger partial charge in [-0.15, -0.1) is 22.7 Å². The number of hydrogen-bond donors (Lipinski definition) is 1. The summed E-state index contributed by atoms with van der Waals surface area (Å²) in [5, 5.41) is 8.02. The van der Waals surface area contributed by atoms with E-state index in [2.05, 4.69) is 21.4 Å². The molecule has 4 heterocycles. The van der Waals surface area contributed by atoms with Crippen molar-refractivity contribution in [2.75, 3.05) is 5.32 Å². The highest BCUT2D eigenvalue weighted by atomic mass is 32.1. The van der Waals surface area contributed by atoms with Crippen LogP contribution in [0.1, 0.15) is 5.69 Å². The van der Waals surface area contributed by atoms with E-state index in [1.807, 2.05) is 57.8 Å². The van der Waals surface area contributed by atoms with Crippen molar-refractivity contribution in [1.82, 2.24) is 14.4 Å². The van der Waals surface area contributed by atoms with Gasteiger partial charge in [0.2, 0.25) is 5.91 Å². The third-order valence-electron chi connectivity index (χ3n) is 4.31. The molecule has 0 bridgehead atoms. The van der Waals surface area contributed by atoms with E-state index in [-0.39, 0.29) is 12.3 Å². The number of thiazole rings is 1. The normalized spacial score (nSPS) is 11.3. The number of benzene rings is 1. The molecule has 0 saturated carbocycles. The molecule has 27 heavy (non-hydrogen) atoms. The number of para-hydroxylation sites is 1. The van der Waals surface area contributed by atoms with Crippen molar-refractivity contribution in [2.24, 2.45) is 0 Å². The zero-order valence-corrected chi connectivity index (χ0v) is 15.8. The topological polar surface area (TPSA) is 59.3 Å². The lowest BCUT2D eigenvalue weighted by Gasteiger charge is -2.07. The summed E-state index contributed by atoms with van der Waals surface area (Å²) < 4.78 is 2.00. The molecule has 0 spiro atoms. The van der Waals surface area contributed by atoms with Crippen LogP contribution in [0, 0.1) is 0 Å². The first-order chi connectivity index (χ1) is 13.3. The number of imidazole rings is 1. The van der Waals surface area contributed by atoms with Gasteiger partial charge in [-0.3, -0.25) is 14.2 Å². The van der Waals surface area contributed by atoms with Gasteiger partial charge in [-0.05, 0) is 23.6 Å². The minimum Gasteiger partial charge on any atom is -0.324 e. The average molecular weight is 390 g/mol. The van der Waals surface area contributed by atoms with Crippen molar-refractivity contribution in [3.63, 3.8) is 0 Å². The zero-order chi connectivity index (χ0) is 18.2. The standard InChI is InChI=1S/C20H14N4OS2/c25-18(22-15-6-1-4-13-5-2-8-21-19(13)15)10-14-12-27-20-23-16(11-24(14)20)17-7-3-9-26-17/h1-9,11-12H,10H2,(H,22,25). The van der Waals surface area contributed by atoms with Gasteiger partial charge >= 0.3 is 0 Å². The maximum absolute atomic E-state index is 12.6. The van der Waals surface area contributed by atoms with Crippen LogP contribution in [-0.4, -0.2) is 20.3 Å². The number of rotatable bonds is 4. The summed E-state index contributed by atoms with van der Waals surface area (Å²) in [4.78, 5) is 23.7. The van der Waals surface area contributed by atoms with Gasteiger partial charge in [0, 0.05) is 28.9 Å². The van der Waals surface area contributed by atoms with Crippen LogP contribution < -0.4 is 5.32 Å². The molecule has 0 fully saturated rings. The SMILES string of the molecule is O=C(Cc1csc2nc(-c3cccs3)cn12)Nc1cccc2cccnc12. The fourth-order valence-electron chi connectivity index (χ4n) is 3.06. The van der Waals surface area contributed by atoms with Gasteiger partial charge < -0.3 is 5.32 Å². The quantitative estimate of drug-likeness (QED) is 0.477. The molecule has 0 aliphatic rings. The molecule has 0 unspecified atom stereocenters. The Hall–Kier alpha value is -3.03. The van der Waals surface area contributed by atoms with Crippen molar-refractivity contribution >= 4 is 50.1 Å². The van der Waals surface area contributed by atoms with Crippen LogP contribution in [0.15, 0.2) is 65.6 Å². The van der Waals surface area contributed by atoms with Gasteiger partial charge in [0.1, 0.15) is 5.69 Å². The number of nitrogens with one attached hydrogen (secondary N) is 1. The van der Waals surface area contributed by atoms with E-state index in [0.29, 0.717) is 0 Å². The van der Waals surface area contributed by atoms with Gasteiger partial charge in [-0.2, -0.15) is 0 Å². The third-order valence-corrected chi connectivity index (χ3v) is 6.09. The molecule has 4 aromatic heterocycles. The Labute approximate surface area is 163 Å². The summed E-state index contributed by atoms with van der Waals surface area (Å²) in [5.74, 6) is -0.0702. The summed E-state index contributed by atoms with van der Waals surface area (Å²) in [6.07, 6.45) is 4.02. The minimum atomic E-state index is -0.0702. The van der Waals surface area contributed by atoms with E-state index >= 15 is 0 Å². The Kier molecular flexibility index (Phi) is 3.95. The molecular formula is C20H14N4OS2. The Morgan fingerprint density at radius 1 is 1.11 bits per heavy atom. The molecule has 1 amide bonds. The number of fused-ring (bicyclic) bond motifs is 2. The number of aromatic nitrogens is 3. The van der Waals surface area contributed by atoms with Crippen LogP contribution >= 0.6 is 22.7 Å². The van der Waals surface area contributed by atoms with E-state index in [9.17, 15) is 4.79 Å². The number of pyridine rings is 1. The van der Waals surface area contributed by atoms with E-state index in [0.717, 1.165) is 37.8 Å². The smallest absolute Gasteiger partial charge is 0.230 e. The molecule has 5 aromatic rings. The lowest BCUT2D eigenvalue weighted by atomic mass is 10.2. The lowest BCUT2D eigenvalue weighted by Crippen LogP contribution is -2.15. The lowest BCUT2D eigenvalue weighted by molar-refractivity contribution is -0.115. The van der Waals surface area contributed by atoms with Crippen LogP contribution in [0.2, 0.25) is 0 Å². The summed E-state index contributed by atoms with van der Waals surface area (Å²) in [6, 6.07) is 13.7. The summed E-state index contributed by atoms with van der Waals surface area (Å²) in [7, 11) is 0. The zero-order valence-electron chi connectivity index (χ0n) is 14.1. The maximum Gasteiger partial charge on any atom is 0.230 e. The number of amides is 1. The maximum atomic E-state index is 12.6. The third kappa shape index (κ3) is 3.01. The second-order valence-electron chi connectivity index (χ2n) is 6.09. The molecule has 5 rings (SSSR count). The van der Waals surface area contributed by atoms with Crippen molar-refractivity contribution in [3.05, 3.63) is 71.3 Å². The van der Waals surface area contributed by atoms with Gasteiger partial charge in [0.25, 0.3) is 0 Å². The van der Waals surface area contributed by atoms with Crippen molar-refractivity contribution in [2.45, 2.75) is 6.42 Å². The van der Waals surface area contributed by atoms with Crippen LogP contribution in [-0.2, 0) is 11.2 Å². The Balaban J connectivity index is 1.41. The number of carbonyl (C=O) groups excluding carboxylic acids is 1. The van der Waals surface area contributed by atoms with E-state index in [4.69, 9.17) is 0 Å². The van der Waals surface area contributed by atoms with Gasteiger partial charge in [0.05, 0.1) is 22.5 Å². The Morgan fingerprint density at radius 2 is 2.04 bits per heavy atom. The largest absolute Gasteiger partial charge is 0.324 e. The van der Waals surface area contributed by atoms with E-state index in [1.165, 1.54) is 0 Å². The Morgan fingerprint density at radius 3 is 2.93 bits per heavy atom. The average Bonchev–Trinajstić information content (AvgIpc) is 3.40. The monoisotopic (exact) mass is 390 g/mol. The fraction of sp³-hybridized carbons (Fsp3) is 0.0500. The van der Waals surface area contributed by atoms with Crippen LogP contribution in [0.25, 0.3) is 26.4 Å². The minimum absolute atomic E-state index is 0.0702. The Bertz CT molecular complexity index is 1250. The first kappa shape index (κ1) is 16.2. The highest BCUT2D eigenvalue weighted by Gasteiger charge is 2.14. The molecular weight excluding hydrogens is 376 g/mol. The number of thiophene rings is 1. The summed E-state index contributed by atoms with van der Waals surface area (Å²) >= 11 is 3.21.